The van der Waals surface area contributed by atoms with E-state index in [0.717, 1.165) is 16.5 Å². The Kier molecular flexibility index (Phi) is 4.15. The van der Waals surface area contributed by atoms with Crippen molar-refractivity contribution in [2.45, 2.75) is 19.8 Å². The number of benzene rings is 1. The van der Waals surface area contributed by atoms with Crippen LogP contribution >= 0.6 is 11.6 Å². The van der Waals surface area contributed by atoms with Crippen LogP contribution in [0.25, 0.3) is 10.9 Å². The third-order valence-electron chi connectivity index (χ3n) is 2.64. The largest absolute Gasteiger partial charge is 0.466 e. The van der Waals surface area contributed by atoms with Crippen LogP contribution in [-0.4, -0.2) is 17.6 Å². The topological polar surface area (TPSA) is 39.2 Å². The molecule has 3 nitrogen and oxygen atoms in total. The zero-order chi connectivity index (χ0) is 13.0. The molecule has 0 aliphatic carbocycles. The minimum Gasteiger partial charge on any atom is -0.466 e. The Morgan fingerprint density at radius 3 is 2.94 bits per heavy atom. The number of fused-ring (bicyclic) bond motifs is 1. The molecule has 2 aromatic rings. The van der Waals surface area contributed by atoms with E-state index >= 15 is 0 Å². The van der Waals surface area contributed by atoms with Crippen LogP contribution in [0.3, 0.4) is 0 Å². The normalized spacial score (nSPS) is 10.6. The SMILES string of the molecule is CCOC(=O)CCc1ccc2nc(Cl)ccc2c1. The maximum Gasteiger partial charge on any atom is 0.306 e. The van der Waals surface area contributed by atoms with Crippen LogP contribution in [0.5, 0.6) is 0 Å². The van der Waals surface area contributed by atoms with Crippen LogP contribution in [0.1, 0.15) is 18.9 Å². The molecular formula is C14H14ClNO2. The first kappa shape index (κ1) is 12.8. The predicted octanol–water partition coefficient (Wildman–Crippen LogP) is 3.38. The fraction of sp³-hybridized carbons (Fsp3) is 0.286. The summed E-state index contributed by atoms with van der Waals surface area (Å²) in [5.41, 5.74) is 1.96. The van der Waals surface area contributed by atoms with E-state index in [1.807, 2.05) is 31.2 Å². The number of esters is 1. The van der Waals surface area contributed by atoms with Crippen molar-refractivity contribution in [3.8, 4) is 0 Å². The van der Waals surface area contributed by atoms with Gasteiger partial charge in [0.05, 0.1) is 12.1 Å². The van der Waals surface area contributed by atoms with Crippen molar-refractivity contribution in [1.29, 1.82) is 0 Å². The molecule has 2 rings (SSSR count). The first-order valence-corrected chi connectivity index (χ1v) is 6.27. The highest BCUT2D eigenvalue weighted by Crippen LogP contribution is 2.18. The lowest BCUT2D eigenvalue weighted by Crippen LogP contribution is -2.05. The molecule has 0 radical (unpaired) electrons. The van der Waals surface area contributed by atoms with Crippen LogP contribution in [0.2, 0.25) is 5.15 Å². The van der Waals surface area contributed by atoms with E-state index < -0.39 is 0 Å². The number of ether oxygens (including phenoxy) is 1. The molecule has 94 valence electrons. The van der Waals surface area contributed by atoms with E-state index in [2.05, 4.69) is 4.98 Å². The lowest BCUT2D eigenvalue weighted by Gasteiger charge is -2.04. The quantitative estimate of drug-likeness (QED) is 0.627. The summed E-state index contributed by atoms with van der Waals surface area (Å²) < 4.78 is 4.90. The van der Waals surface area contributed by atoms with Gasteiger partial charge < -0.3 is 4.74 Å². The van der Waals surface area contributed by atoms with E-state index in [4.69, 9.17) is 16.3 Å². The lowest BCUT2D eigenvalue weighted by atomic mass is 10.1. The van der Waals surface area contributed by atoms with Crippen LogP contribution in [-0.2, 0) is 16.0 Å². The summed E-state index contributed by atoms with van der Waals surface area (Å²) in [6.07, 6.45) is 1.08. The Labute approximate surface area is 111 Å². The Hall–Kier alpha value is -1.61. The Bertz CT molecular complexity index is 569. The molecule has 0 aliphatic rings. The Morgan fingerprint density at radius 1 is 1.33 bits per heavy atom. The van der Waals surface area contributed by atoms with Gasteiger partial charge in [-0.3, -0.25) is 4.79 Å². The summed E-state index contributed by atoms with van der Waals surface area (Å²) in [5.74, 6) is -0.160. The maximum atomic E-state index is 11.3. The number of carbonyl (C=O) groups excluding carboxylic acids is 1. The van der Waals surface area contributed by atoms with Crippen molar-refractivity contribution in [2.24, 2.45) is 0 Å². The van der Waals surface area contributed by atoms with Crippen molar-refractivity contribution in [3.63, 3.8) is 0 Å². The molecule has 0 unspecified atom stereocenters. The summed E-state index contributed by atoms with van der Waals surface area (Å²) in [6, 6.07) is 9.60. The molecule has 0 saturated heterocycles. The Morgan fingerprint density at radius 2 is 2.17 bits per heavy atom. The highest BCUT2D eigenvalue weighted by atomic mass is 35.5. The zero-order valence-corrected chi connectivity index (χ0v) is 10.9. The molecule has 0 saturated carbocycles. The highest BCUT2D eigenvalue weighted by Gasteiger charge is 2.04. The maximum absolute atomic E-state index is 11.3. The number of hydrogen-bond acceptors (Lipinski definition) is 3. The predicted molar refractivity (Wildman–Crippen MR) is 71.7 cm³/mol. The van der Waals surface area contributed by atoms with Crippen LogP contribution in [0, 0.1) is 0 Å². The average molecular weight is 264 g/mol. The van der Waals surface area contributed by atoms with Gasteiger partial charge in [-0.05, 0) is 43.2 Å². The number of aryl methyl sites for hydroxylation is 1. The smallest absolute Gasteiger partial charge is 0.306 e. The summed E-state index contributed by atoms with van der Waals surface area (Å²) in [4.78, 5) is 15.5. The minimum absolute atomic E-state index is 0.160. The average Bonchev–Trinajstić information content (AvgIpc) is 2.36. The fourth-order valence-electron chi connectivity index (χ4n) is 1.79. The number of hydrogen-bond donors (Lipinski definition) is 0. The second-order valence-electron chi connectivity index (χ2n) is 3.97. The standard InChI is InChI=1S/C14H14ClNO2/c1-2-18-14(17)8-4-10-3-6-12-11(9-10)5-7-13(15)16-12/h3,5-7,9H,2,4,8H2,1H3. The number of nitrogens with zero attached hydrogens (tertiary/aromatic N) is 1. The van der Waals surface area contributed by atoms with Gasteiger partial charge in [0.2, 0.25) is 0 Å². The summed E-state index contributed by atoms with van der Waals surface area (Å²) in [5, 5.41) is 1.52. The van der Waals surface area contributed by atoms with Crippen molar-refractivity contribution >= 4 is 28.5 Å². The Balaban J connectivity index is 2.10. The summed E-state index contributed by atoms with van der Waals surface area (Å²) in [7, 11) is 0. The van der Waals surface area contributed by atoms with Gasteiger partial charge in [0.15, 0.2) is 0 Å². The molecule has 0 bridgehead atoms. The molecule has 0 atom stereocenters. The number of rotatable bonds is 4. The van der Waals surface area contributed by atoms with Gasteiger partial charge >= 0.3 is 5.97 Å². The molecule has 1 heterocycles. The monoisotopic (exact) mass is 263 g/mol. The molecule has 4 heteroatoms. The van der Waals surface area contributed by atoms with Gasteiger partial charge in [-0.25, -0.2) is 4.98 Å². The third-order valence-corrected chi connectivity index (χ3v) is 2.85. The van der Waals surface area contributed by atoms with Crippen LogP contribution in [0.15, 0.2) is 30.3 Å². The van der Waals surface area contributed by atoms with Crippen molar-refractivity contribution in [2.75, 3.05) is 6.61 Å². The van der Waals surface area contributed by atoms with Crippen molar-refractivity contribution in [3.05, 3.63) is 41.0 Å². The molecule has 0 N–H and O–H groups in total. The first-order chi connectivity index (χ1) is 8.69. The van der Waals surface area contributed by atoms with Gasteiger partial charge in [-0.15, -0.1) is 0 Å². The molecule has 0 fully saturated rings. The van der Waals surface area contributed by atoms with Crippen molar-refractivity contribution < 1.29 is 9.53 Å². The zero-order valence-electron chi connectivity index (χ0n) is 10.1. The molecule has 0 spiro atoms. The summed E-state index contributed by atoms with van der Waals surface area (Å²) >= 11 is 5.82. The van der Waals surface area contributed by atoms with Crippen LogP contribution in [0.4, 0.5) is 0 Å². The second-order valence-corrected chi connectivity index (χ2v) is 4.35. The van der Waals surface area contributed by atoms with E-state index in [1.54, 1.807) is 6.07 Å². The number of carbonyl (C=O) groups is 1. The number of halogens is 1. The summed E-state index contributed by atoms with van der Waals surface area (Å²) in [6.45, 7) is 2.24. The first-order valence-electron chi connectivity index (χ1n) is 5.90. The van der Waals surface area contributed by atoms with Gasteiger partial charge in [0.1, 0.15) is 5.15 Å². The van der Waals surface area contributed by atoms with Gasteiger partial charge in [0, 0.05) is 11.8 Å². The second kappa shape index (κ2) is 5.83. The highest BCUT2D eigenvalue weighted by molar-refractivity contribution is 6.29. The minimum atomic E-state index is -0.160. The lowest BCUT2D eigenvalue weighted by molar-refractivity contribution is -0.143. The van der Waals surface area contributed by atoms with E-state index in [0.29, 0.717) is 24.6 Å². The third kappa shape index (κ3) is 3.20. The molecular weight excluding hydrogens is 250 g/mol. The van der Waals surface area contributed by atoms with Gasteiger partial charge in [0.25, 0.3) is 0 Å². The van der Waals surface area contributed by atoms with Gasteiger partial charge in [-0.1, -0.05) is 17.7 Å². The van der Waals surface area contributed by atoms with Gasteiger partial charge in [-0.2, -0.15) is 0 Å². The van der Waals surface area contributed by atoms with E-state index in [1.165, 1.54) is 0 Å². The molecule has 1 aromatic heterocycles. The van der Waals surface area contributed by atoms with E-state index in [-0.39, 0.29) is 5.97 Å². The van der Waals surface area contributed by atoms with Crippen molar-refractivity contribution in [1.82, 2.24) is 4.98 Å². The van der Waals surface area contributed by atoms with E-state index in [9.17, 15) is 4.79 Å². The number of pyridine rings is 1. The fourth-order valence-corrected chi connectivity index (χ4v) is 1.94. The number of aromatic nitrogens is 1. The molecule has 0 amide bonds. The molecule has 1 aromatic carbocycles. The van der Waals surface area contributed by atoms with Crippen LogP contribution < -0.4 is 0 Å². The molecule has 0 aliphatic heterocycles. The molecule has 18 heavy (non-hydrogen) atoms.